The number of halogens is 2. The van der Waals surface area contributed by atoms with Gasteiger partial charge in [-0.05, 0) is 19.9 Å². The van der Waals surface area contributed by atoms with Crippen molar-refractivity contribution in [2.24, 2.45) is 0 Å². The average molecular weight is 293 g/mol. The Labute approximate surface area is 119 Å². The summed E-state index contributed by atoms with van der Waals surface area (Å²) in [6, 6.07) is 1.05. The Balaban J connectivity index is 2.33. The maximum absolute atomic E-state index is 13.7. The molecule has 0 saturated carbocycles. The number of carboxylic acids is 1. The highest BCUT2D eigenvalue weighted by molar-refractivity contribution is 5.89. The fourth-order valence-corrected chi connectivity index (χ4v) is 1.97. The molecule has 21 heavy (non-hydrogen) atoms. The maximum atomic E-state index is 13.7. The molecule has 0 radical (unpaired) electrons. The third kappa shape index (κ3) is 3.13. The molecule has 0 aliphatic carbocycles. The van der Waals surface area contributed by atoms with Crippen LogP contribution in [0, 0.1) is 18.6 Å². The third-order valence-corrected chi connectivity index (χ3v) is 2.99. The molecule has 5 nitrogen and oxygen atoms in total. The second-order valence-electron chi connectivity index (χ2n) is 4.51. The van der Waals surface area contributed by atoms with E-state index in [1.54, 1.807) is 13.8 Å². The van der Waals surface area contributed by atoms with Crippen molar-refractivity contribution in [3.8, 4) is 0 Å². The molecule has 1 heterocycles. The van der Waals surface area contributed by atoms with Crippen molar-refractivity contribution < 1.29 is 18.7 Å². The van der Waals surface area contributed by atoms with Crippen molar-refractivity contribution in [3.63, 3.8) is 0 Å². The molecule has 1 unspecified atom stereocenters. The quantitative estimate of drug-likeness (QED) is 0.906. The smallest absolute Gasteiger partial charge is 0.338 e. The highest BCUT2D eigenvalue weighted by Crippen LogP contribution is 2.24. The molecular formula is C14H13F2N3O2. The lowest BCUT2D eigenvalue weighted by atomic mass is 10.1. The van der Waals surface area contributed by atoms with Crippen LogP contribution < -0.4 is 5.32 Å². The van der Waals surface area contributed by atoms with E-state index >= 15 is 0 Å². The van der Waals surface area contributed by atoms with Gasteiger partial charge in [0.15, 0.2) is 0 Å². The second-order valence-corrected chi connectivity index (χ2v) is 4.51. The van der Waals surface area contributed by atoms with Crippen molar-refractivity contribution in [2.75, 3.05) is 5.32 Å². The molecule has 1 aromatic carbocycles. The predicted octanol–water partition coefficient (Wildman–Crippen LogP) is 2.93. The number of aromatic nitrogens is 2. The van der Waals surface area contributed by atoms with Crippen LogP contribution in [0.2, 0.25) is 0 Å². The van der Waals surface area contributed by atoms with E-state index in [9.17, 15) is 13.6 Å². The zero-order valence-corrected chi connectivity index (χ0v) is 11.4. The molecule has 0 spiro atoms. The SMILES string of the molecule is Cc1nccnc1C(C)Nc1cc(C(=O)O)c(F)cc1F. The number of rotatable bonds is 4. The van der Waals surface area contributed by atoms with E-state index in [-0.39, 0.29) is 5.69 Å². The van der Waals surface area contributed by atoms with Crippen LogP contribution in [-0.2, 0) is 0 Å². The first-order valence-corrected chi connectivity index (χ1v) is 6.16. The van der Waals surface area contributed by atoms with E-state index in [4.69, 9.17) is 5.11 Å². The Hall–Kier alpha value is -2.57. The summed E-state index contributed by atoms with van der Waals surface area (Å²) in [5.41, 5.74) is 0.560. The van der Waals surface area contributed by atoms with E-state index in [2.05, 4.69) is 15.3 Å². The topological polar surface area (TPSA) is 75.1 Å². The van der Waals surface area contributed by atoms with E-state index in [1.807, 2.05) is 0 Å². The van der Waals surface area contributed by atoms with Crippen LogP contribution in [0.15, 0.2) is 24.5 Å². The summed E-state index contributed by atoms with van der Waals surface area (Å²) in [4.78, 5) is 19.1. The summed E-state index contributed by atoms with van der Waals surface area (Å²) >= 11 is 0. The van der Waals surface area contributed by atoms with Gasteiger partial charge in [-0.15, -0.1) is 0 Å². The number of carboxylic acid groups (broad SMARTS) is 1. The summed E-state index contributed by atoms with van der Waals surface area (Å²) in [6.07, 6.45) is 3.04. The lowest BCUT2D eigenvalue weighted by Crippen LogP contribution is -2.13. The van der Waals surface area contributed by atoms with Crippen LogP contribution in [0.3, 0.4) is 0 Å². The molecule has 1 atom stereocenters. The first kappa shape index (κ1) is 14.8. The van der Waals surface area contributed by atoms with E-state index < -0.39 is 29.2 Å². The lowest BCUT2D eigenvalue weighted by Gasteiger charge is -2.17. The molecule has 2 aromatic rings. The Morgan fingerprint density at radius 3 is 2.52 bits per heavy atom. The Morgan fingerprint density at radius 1 is 1.24 bits per heavy atom. The van der Waals surface area contributed by atoms with Gasteiger partial charge in [0.1, 0.15) is 11.6 Å². The van der Waals surface area contributed by atoms with E-state index in [0.29, 0.717) is 17.5 Å². The third-order valence-electron chi connectivity index (χ3n) is 2.99. The molecule has 110 valence electrons. The minimum absolute atomic E-state index is 0.105. The standard InChI is InChI=1S/C14H13F2N3O2/c1-7-13(18-4-3-17-7)8(2)19-12-5-9(14(20)21)10(15)6-11(12)16/h3-6,8,19H,1-2H3,(H,20,21). The van der Waals surface area contributed by atoms with Crippen LogP contribution in [0.4, 0.5) is 14.5 Å². The van der Waals surface area contributed by atoms with Crippen molar-refractivity contribution in [2.45, 2.75) is 19.9 Å². The number of aromatic carboxylic acids is 1. The van der Waals surface area contributed by atoms with Crippen molar-refractivity contribution in [3.05, 3.63) is 53.1 Å². The normalized spacial score (nSPS) is 12.0. The number of aryl methyl sites for hydroxylation is 1. The van der Waals surface area contributed by atoms with Gasteiger partial charge in [0.05, 0.1) is 28.7 Å². The number of anilines is 1. The van der Waals surface area contributed by atoms with Crippen LogP contribution >= 0.6 is 0 Å². The van der Waals surface area contributed by atoms with Crippen molar-refractivity contribution >= 4 is 11.7 Å². The van der Waals surface area contributed by atoms with Gasteiger partial charge in [0.25, 0.3) is 0 Å². The maximum Gasteiger partial charge on any atom is 0.338 e. The molecule has 0 aliphatic heterocycles. The number of nitrogens with zero attached hydrogens (tertiary/aromatic N) is 2. The summed E-state index contributed by atoms with van der Waals surface area (Å²) in [7, 11) is 0. The van der Waals surface area contributed by atoms with Crippen molar-refractivity contribution in [1.29, 1.82) is 0 Å². The van der Waals surface area contributed by atoms with Crippen molar-refractivity contribution in [1.82, 2.24) is 9.97 Å². The Morgan fingerprint density at radius 2 is 1.90 bits per heavy atom. The molecule has 7 heteroatoms. The molecule has 0 amide bonds. The summed E-state index contributed by atoms with van der Waals surface area (Å²) in [5, 5.41) is 11.6. The van der Waals surface area contributed by atoms with Gasteiger partial charge in [-0.3, -0.25) is 9.97 Å². The predicted molar refractivity (Wildman–Crippen MR) is 72.1 cm³/mol. The molecule has 0 bridgehead atoms. The molecule has 2 N–H and O–H groups in total. The van der Waals surface area contributed by atoms with Crippen LogP contribution in [0.5, 0.6) is 0 Å². The monoisotopic (exact) mass is 293 g/mol. The van der Waals surface area contributed by atoms with Crippen LogP contribution in [-0.4, -0.2) is 21.0 Å². The van der Waals surface area contributed by atoms with Crippen LogP contribution in [0.1, 0.15) is 34.7 Å². The van der Waals surface area contributed by atoms with Gasteiger partial charge in [-0.2, -0.15) is 0 Å². The number of nitrogens with one attached hydrogen (secondary N) is 1. The number of hydrogen-bond acceptors (Lipinski definition) is 4. The van der Waals surface area contributed by atoms with Gasteiger partial charge in [-0.1, -0.05) is 0 Å². The highest BCUT2D eigenvalue weighted by atomic mass is 19.1. The minimum Gasteiger partial charge on any atom is -0.478 e. The van der Waals surface area contributed by atoms with Gasteiger partial charge >= 0.3 is 5.97 Å². The molecular weight excluding hydrogens is 280 g/mol. The fourth-order valence-electron chi connectivity index (χ4n) is 1.97. The average Bonchev–Trinajstić information content (AvgIpc) is 2.41. The second kappa shape index (κ2) is 5.82. The first-order valence-electron chi connectivity index (χ1n) is 6.16. The molecule has 2 rings (SSSR count). The van der Waals surface area contributed by atoms with Gasteiger partial charge < -0.3 is 10.4 Å². The Kier molecular flexibility index (Phi) is 4.11. The number of carbonyl (C=O) groups is 1. The molecule has 0 saturated heterocycles. The zero-order valence-electron chi connectivity index (χ0n) is 11.4. The van der Waals surface area contributed by atoms with Crippen LogP contribution in [0.25, 0.3) is 0 Å². The number of benzene rings is 1. The van der Waals surface area contributed by atoms with E-state index in [1.165, 1.54) is 12.4 Å². The highest BCUT2D eigenvalue weighted by Gasteiger charge is 2.18. The van der Waals surface area contributed by atoms with E-state index in [0.717, 1.165) is 6.07 Å². The largest absolute Gasteiger partial charge is 0.478 e. The summed E-state index contributed by atoms with van der Waals surface area (Å²) in [6.45, 7) is 3.48. The minimum atomic E-state index is -1.46. The molecule has 1 aromatic heterocycles. The van der Waals surface area contributed by atoms with Gasteiger partial charge in [-0.25, -0.2) is 13.6 Å². The molecule has 0 fully saturated rings. The summed E-state index contributed by atoms with van der Waals surface area (Å²) in [5.74, 6) is -3.45. The van der Waals surface area contributed by atoms with Gasteiger partial charge in [0, 0.05) is 18.5 Å². The summed E-state index contributed by atoms with van der Waals surface area (Å²) < 4.78 is 27.1. The zero-order chi connectivity index (χ0) is 15.6. The Bertz CT molecular complexity index is 692. The lowest BCUT2D eigenvalue weighted by molar-refractivity contribution is 0.0692. The first-order chi connectivity index (χ1) is 9.90. The fraction of sp³-hybridized carbons (Fsp3) is 0.214. The van der Waals surface area contributed by atoms with Gasteiger partial charge in [0.2, 0.25) is 0 Å². The molecule has 0 aliphatic rings. The number of hydrogen-bond donors (Lipinski definition) is 2.